The van der Waals surface area contributed by atoms with Gasteiger partial charge >= 0.3 is 0 Å². The number of halogens is 8. The summed E-state index contributed by atoms with van der Waals surface area (Å²) in [7, 11) is 0. The molecule has 0 saturated heterocycles. The average molecular weight is 679 g/mol. The molecule has 4 aromatic rings. The molecule has 11 heteroatoms. The minimum Gasteiger partial charge on any atom is -0.488 e. The molecule has 4 rings (SSSR count). The van der Waals surface area contributed by atoms with Gasteiger partial charge in [-0.1, -0.05) is 34.6 Å². The Hall–Kier alpha value is -4.41. The van der Waals surface area contributed by atoms with Crippen molar-refractivity contribution in [2.75, 3.05) is 0 Å². The van der Waals surface area contributed by atoms with Gasteiger partial charge in [0.25, 0.3) is 0 Å². The summed E-state index contributed by atoms with van der Waals surface area (Å²) in [5, 5.41) is 0. The summed E-state index contributed by atoms with van der Waals surface area (Å²) >= 11 is 0. The molecule has 0 heterocycles. The van der Waals surface area contributed by atoms with Gasteiger partial charge in [-0.15, -0.1) is 0 Å². The molecule has 0 atom stereocenters. The quantitative estimate of drug-likeness (QED) is 0.0850. The van der Waals surface area contributed by atoms with Crippen molar-refractivity contribution in [3.8, 4) is 28.4 Å². The maximum absolute atomic E-state index is 15.2. The second-order valence-electron chi connectivity index (χ2n) is 12.0. The van der Waals surface area contributed by atoms with Gasteiger partial charge in [-0.2, -0.15) is 8.78 Å². The lowest BCUT2D eigenvalue weighted by molar-refractivity contribution is 0.0803. The van der Waals surface area contributed by atoms with E-state index in [1.54, 1.807) is 24.3 Å². The molecular formula is C37H34F8O3. The highest BCUT2D eigenvalue weighted by atomic mass is 19.2. The van der Waals surface area contributed by atoms with Gasteiger partial charge in [-0.25, -0.2) is 26.3 Å². The van der Waals surface area contributed by atoms with E-state index in [4.69, 9.17) is 9.47 Å². The normalized spacial score (nSPS) is 12.0. The van der Waals surface area contributed by atoms with E-state index in [0.717, 1.165) is 25.0 Å². The summed E-state index contributed by atoms with van der Waals surface area (Å²) in [6, 6.07) is 11.1. The summed E-state index contributed by atoms with van der Waals surface area (Å²) in [5.74, 6) is -19.3. The smallest absolute Gasteiger partial charge is 0.205 e. The van der Waals surface area contributed by atoms with Crippen molar-refractivity contribution in [2.24, 2.45) is 0 Å². The first-order chi connectivity index (χ1) is 22.6. The molecule has 0 amide bonds. The zero-order valence-corrected chi connectivity index (χ0v) is 27.2. The highest BCUT2D eigenvalue weighted by Gasteiger charge is 2.39. The second kappa shape index (κ2) is 14.0. The Morgan fingerprint density at radius 1 is 0.542 bits per heavy atom. The number of rotatable bonds is 12. The van der Waals surface area contributed by atoms with Crippen LogP contribution in [0.5, 0.6) is 17.2 Å². The molecule has 0 saturated carbocycles. The first-order valence-corrected chi connectivity index (χ1v) is 15.4. The third-order valence-electron chi connectivity index (χ3n) is 9.21. The monoisotopic (exact) mass is 678 g/mol. The van der Waals surface area contributed by atoms with Gasteiger partial charge < -0.3 is 9.47 Å². The van der Waals surface area contributed by atoms with Gasteiger partial charge in [0.1, 0.15) is 17.1 Å². The Labute approximate surface area is 273 Å². The van der Waals surface area contributed by atoms with Crippen molar-refractivity contribution in [1.82, 2.24) is 0 Å². The second-order valence-corrected chi connectivity index (χ2v) is 12.0. The first-order valence-electron chi connectivity index (χ1n) is 15.4. The van der Waals surface area contributed by atoms with Gasteiger partial charge in [0.05, 0.1) is 11.1 Å². The molecule has 48 heavy (non-hydrogen) atoms. The molecule has 0 aromatic heterocycles. The molecule has 0 N–H and O–H groups in total. The van der Waals surface area contributed by atoms with E-state index in [2.05, 4.69) is 0 Å². The number of hydrogen-bond acceptors (Lipinski definition) is 3. The van der Waals surface area contributed by atoms with Crippen molar-refractivity contribution in [1.29, 1.82) is 0 Å². The van der Waals surface area contributed by atoms with Crippen molar-refractivity contribution < 1.29 is 49.4 Å². The molecule has 0 bridgehead atoms. The van der Waals surface area contributed by atoms with Crippen LogP contribution in [0.15, 0.2) is 48.5 Å². The van der Waals surface area contributed by atoms with Crippen LogP contribution in [-0.4, -0.2) is 11.4 Å². The van der Waals surface area contributed by atoms with Gasteiger partial charge in [0.15, 0.2) is 40.7 Å². The Morgan fingerprint density at radius 3 is 1.29 bits per heavy atom. The maximum Gasteiger partial charge on any atom is 0.205 e. The van der Waals surface area contributed by atoms with E-state index in [9.17, 15) is 4.79 Å². The van der Waals surface area contributed by atoms with Crippen LogP contribution < -0.4 is 9.47 Å². The minimum atomic E-state index is -2.35. The zero-order valence-electron chi connectivity index (χ0n) is 27.2. The summed E-state index contributed by atoms with van der Waals surface area (Å²) in [6.07, 6.45) is 1.64. The standard InChI is InChI=1S/C37H34F8O3/c1-7-36(5,8-2)25-30(42)26(38)23(27(39)31(25)43)24-28(40)32(44)35(33(45)29(24)41)47-21-15-11-19(12-16-21)34(46)20-13-17-22(18-14-20)48-37(6,9-3)10-4/h11-18H,7-10H2,1-6H3. The number of ketones is 1. The fourth-order valence-corrected chi connectivity index (χ4v) is 5.22. The number of benzene rings is 4. The molecule has 0 fully saturated rings. The molecule has 4 aromatic carbocycles. The molecular weight excluding hydrogens is 644 g/mol. The Kier molecular flexibility index (Phi) is 10.6. The molecule has 256 valence electrons. The molecule has 0 aliphatic rings. The van der Waals surface area contributed by atoms with Gasteiger partial charge in [-0.05, 0) is 86.6 Å². The Morgan fingerprint density at radius 2 is 0.917 bits per heavy atom. The van der Waals surface area contributed by atoms with E-state index >= 15 is 35.1 Å². The van der Waals surface area contributed by atoms with Crippen LogP contribution in [0.1, 0.15) is 88.7 Å². The Balaban J connectivity index is 1.65. The fourth-order valence-electron chi connectivity index (χ4n) is 5.22. The zero-order chi connectivity index (χ0) is 35.7. The number of carbonyl (C=O) groups excluding carboxylic acids is 1. The first kappa shape index (κ1) is 36.4. The lowest BCUT2D eigenvalue weighted by Crippen LogP contribution is -2.30. The topological polar surface area (TPSA) is 35.5 Å². The molecule has 0 unspecified atom stereocenters. The van der Waals surface area contributed by atoms with Crippen LogP contribution in [0.2, 0.25) is 0 Å². The van der Waals surface area contributed by atoms with Gasteiger partial charge in [-0.3, -0.25) is 4.79 Å². The molecule has 3 nitrogen and oxygen atoms in total. The molecule has 0 aliphatic carbocycles. The van der Waals surface area contributed by atoms with Gasteiger partial charge in [0.2, 0.25) is 17.4 Å². The van der Waals surface area contributed by atoms with Crippen LogP contribution in [0.25, 0.3) is 11.1 Å². The third-order valence-corrected chi connectivity index (χ3v) is 9.21. The largest absolute Gasteiger partial charge is 0.488 e. The van der Waals surface area contributed by atoms with Crippen LogP contribution >= 0.6 is 0 Å². The predicted octanol–water partition coefficient (Wildman–Crippen LogP) is 11.5. The van der Waals surface area contributed by atoms with E-state index in [0.29, 0.717) is 11.3 Å². The van der Waals surface area contributed by atoms with E-state index < -0.39 is 80.2 Å². The lowest BCUT2D eigenvalue weighted by atomic mass is 9.76. The average Bonchev–Trinajstić information content (AvgIpc) is 3.10. The number of hydrogen-bond donors (Lipinski definition) is 0. The lowest BCUT2D eigenvalue weighted by Gasteiger charge is -2.29. The predicted molar refractivity (Wildman–Crippen MR) is 165 cm³/mol. The highest BCUT2D eigenvalue weighted by molar-refractivity contribution is 6.09. The summed E-state index contributed by atoms with van der Waals surface area (Å²) in [4.78, 5) is 13.0. The molecule has 0 spiro atoms. The van der Waals surface area contributed by atoms with Crippen LogP contribution in [-0.2, 0) is 5.41 Å². The van der Waals surface area contributed by atoms with Crippen molar-refractivity contribution in [3.63, 3.8) is 0 Å². The number of ether oxygens (including phenoxy) is 2. The van der Waals surface area contributed by atoms with Crippen LogP contribution in [0.4, 0.5) is 35.1 Å². The van der Waals surface area contributed by atoms with Crippen LogP contribution in [0, 0.1) is 46.5 Å². The van der Waals surface area contributed by atoms with E-state index in [-0.39, 0.29) is 29.8 Å². The van der Waals surface area contributed by atoms with E-state index in [1.165, 1.54) is 32.9 Å². The third kappa shape index (κ3) is 6.51. The Bertz CT molecular complexity index is 1770. The SMILES string of the molecule is CCC(C)(CC)Oc1ccc(C(=O)c2ccc(Oc3c(F)c(F)c(-c4c(F)c(F)c(C(C)(CC)CC)c(F)c4F)c(F)c3F)cc2)cc1. The van der Waals surface area contributed by atoms with Gasteiger partial charge in [0, 0.05) is 16.7 Å². The maximum atomic E-state index is 15.2. The molecule has 0 radical (unpaired) electrons. The highest BCUT2D eigenvalue weighted by Crippen LogP contribution is 2.44. The summed E-state index contributed by atoms with van der Waals surface area (Å²) < 4.78 is 132. The van der Waals surface area contributed by atoms with Crippen molar-refractivity contribution >= 4 is 5.78 Å². The van der Waals surface area contributed by atoms with Crippen molar-refractivity contribution in [2.45, 2.75) is 78.2 Å². The summed E-state index contributed by atoms with van der Waals surface area (Å²) in [6.45, 7) is 10.3. The van der Waals surface area contributed by atoms with Crippen molar-refractivity contribution in [3.05, 3.63) is 112 Å². The minimum absolute atomic E-state index is 0.0447. The molecule has 0 aliphatic heterocycles. The fraction of sp³-hybridized carbons (Fsp3) is 0.324. The van der Waals surface area contributed by atoms with E-state index in [1.807, 2.05) is 20.8 Å². The number of carbonyl (C=O) groups is 1. The van der Waals surface area contributed by atoms with Crippen LogP contribution in [0.3, 0.4) is 0 Å². The summed E-state index contributed by atoms with van der Waals surface area (Å²) in [5.41, 5.74) is -6.26.